The molecule has 0 aliphatic carbocycles. The Morgan fingerprint density at radius 2 is 1.96 bits per heavy atom. The van der Waals surface area contributed by atoms with Gasteiger partial charge in [0, 0.05) is 21.0 Å². The van der Waals surface area contributed by atoms with E-state index in [1.165, 1.54) is 0 Å². The van der Waals surface area contributed by atoms with E-state index in [9.17, 15) is 4.79 Å². The quantitative estimate of drug-likeness (QED) is 0.296. The number of rotatable bonds is 3. The summed E-state index contributed by atoms with van der Waals surface area (Å²) >= 11 is 9.68. The molecule has 0 unspecified atom stereocenters. The smallest absolute Gasteiger partial charge is 0.188 e. The average molecular weight is 401 g/mol. The minimum atomic E-state index is -0.0308. The number of ketones is 1. The number of hydrogen-bond donors (Lipinski definition) is 0. The van der Waals surface area contributed by atoms with E-state index in [1.54, 1.807) is 19.1 Å². The number of halogens is 2. The number of hydrogen-bond acceptors (Lipinski definition) is 2. The van der Waals surface area contributed by atoms with Crippen molar-refractivity contribution in [3.63, 3.8) is 0 Å². The molecule has 0 fully saturated rings. The van der Waals surface area contributed by atoms with E-state index >= 15 is 0 Å². The molecule has 0 saturated heterocycles. The van der Waals surface area contributed by atoms with Crippen LogP contribution in [0.15, 0.2) is 58.6 Å². The van der Waals surface area contributed by atoms with Gasteiger partial charge >= 0.3 is 0 Å². The van der Waals surface area contributed by atoms with Gasteiger partial charge in [0.05, 0.1) is 5.52 Å². The summed E-state index contributed by atoms with van der Waals surface area (Å²) in [6, 6.07) is 15.3. The van der Waals surface area contributed by atoms with E-state index in [-0.39, 0.29) is 5.78 Å². The number of benzene rings is 2. The van der Waals surface area contributed by atoms with Crippen LogP contribution in [-0.2, 0) is 0 Å². The summed E-state index contributed by atoms with van der Waals surface area (Å²) in [6.07, 6.45) is 1.79. The highest BCUT2D eigenvalue weighted by atomic mass is 79.9. The van der Waals surface area contributed by atoms with Gasteiger partial charge in [-0.05, 0) is 55.8 Å². The Morgan fingerprint density at radius 3 is 2.71 bits per heavy atom. The number of Topliss-reactive ketones (excluding diaryl/α,β-unsaturated/α-hetero) is 1. The molecular weight excluding hydrogens is 386 g/mol. The van der Waals surface area contributed by atoms with Gasteiger partial charge in [0.25, 0.3) is 0 Å². The van der Waals surface area contributed by atoms with E-state index in [0.717, 1.165) is 26.5 Å². The molecule has 0 bridgehead atoms. The minimum absolute atomic E-state index is 0.0308. The fraction of sp³-hybridized carbons (Fsp3) is 0.100. The van der Waals surface area contributed by atoms with Gasteiger partial charge < -0.3 is 0 Å². The first-order valence-corrected chi connectivity index (χ1v) is 8.66. The number of aromatic nitrogens is 1. The highest BCUT2D eigenvalue weighted by Crippen LogP contribution is 2.24. The Morgan fingerprint density at radius 1 is 1.17 bits per heavy atom. The van der Waals surface area contributed by atoms with Crippen molar-refractivity contribution >= 4 is 50.3 Å². The maximum Gasteiger partial charge on any atom is 0.188 e. The van der Waals surface area contributed by atoms with E-state index in [4.69, 9.17) is 11.6 Å². The summed E-state index contributed by atoms with van der Waals surface area (Å²) < 4.78 is 0.877. The number of fused-ring (bicyclic) bond motifs is 1. The van der Waals surface area contributed by atoms with Crippen LogP contribution in [0.5, 0.6) is 0 Å². The molecule has 0 N–H and O–H groups in total. The van der Waals surface area contributed by atoms with Crippen LogP contribution in [0.4, 0.5) is 0 Å². The van der Waals surface area contributed by atoms with E-state index in [2.05, 4.69) is 27.0 Å². The molecule has 3 rings (SSSR count). The second-order valence-electron chi connectivity index (χ2n) is 5.73. The monoisotopic (exact) mass is 399 g/mol. The molecule has 24 heavy (non-hydrogen) atoms. The first kappa shape index (κ1) is 16.9. The standard InChI is InChI=1S/C20H15BrClNO/c1-12-6-7-18-15(8-12)10-16(20(22)23-18)9-13(2)19(24)14-4-3-5-17(21)11-14/h3-11H,1-2H3/b13-9+. The Balaban J connectivity index is 2.02. The van der Waals surface area contributed by atoms with Gasteiger partial charge in [-0.2, -0.15) is 0 Å². The van der Waals surface area contributed by atoms with Gasteiger partial charge in [-0.15, -0.1) is 0 Å². The maximum atomic E-state index is 12.6. The Bertz CT molecular complexity index is 979. The summed E-state index contributed by atoms with van der Waals surface area (Å²) in [4.78, 5) is 17.0. The molecule has 0 atom stereocenters. The van der Waals surface area contributed by atoms with Gasteiger partial charge in [0.15, 0.2) is 5.78 Å². The predicted molar refractivity (Wildman–Crippen MR) is 104 cm³/mol. The third kappa shape index (κ3) is 3.58. The zero-order chi connectivity index (χ0) is 17.3. The van der Waals surface area contributed by atoms with Gasteiger partial charge in [0.2, 0.25) is 0 Å². The molecule has 1 aromatic heterocycles. The molecule has 0 aliphatic rings. The van der Waals surface area contributed by atoms with Crippen molar-refractivity contribution in [3.05, 3.63) is 80.4 Å². The first-order valence-electron chi connectivity index (χ1n) is 7.49. The number of nitrogens with zero attached hydrogens (tertiary/aromatic N) is 1. The topological polar surface area (TPSA) is 30.0 Å². The molecule has 3 aromatic rings. The summed E-state index contributed by atoms with van der Waals surface area (Å²) in [7, 11) is 0. The molecule has 1 heterocycles. The number of aryl methyl sites for hydroxylation is 1. The van der Waals surface area contributed by atoms with Crippen LogP contribution < -0.4 is 0 Å². The van der Waals surface area contributed by atoms with Crippen LogP contribution in [-0.4, -0.2) is 10.8 Å². The van der Waals surface area contributed by atoms with Crippen LogP contribution in [0.3, 0.4) is 0 Å². The molecule has 4 heteroatoms. The van der Waals surface area contributed by atoms with Crippen molar-refractivity contribution < 1.29 is 4.79 Å². The van der Waals surface area contributed by atoms with E-state index < -0.39 is 0 Å². The second-order valence-corrected chi connectivity index (χ2v) is 7.01. The lowest BCUT2D eigenvalue weighted by molar-refractivity contribution is 0.103. The van der Waals surface area contributed by atoms with Gasteiger partial charge in [-0.1, -0.05) is 51.3 Å². The normalized spacial score (nSPS) is 11.8. The fourth-order valence-electron chi connectivity index (χ4n) is 2.55. The molecule has 0 aliphatic heterocycles. The van der Waals surface area contributed by atoms with Crippen molar-refractivity contribution in [3.8, 4) is 0 Å². The third-order valence-electron chi connectivity index (χ3n) is 3.77. The lowest BCUT2D eigenvalue weighted by Crippen LogP contribution is -2.00. The zero-order valence-electron chi connectivity index (χ0n) is 13.3. The first-order chi connectivity index (χ1) is 11.4. The molecule has 0 spiro atoms. The summed E-state index contributed by atoms with van der Waals surface area (Å²) in [5, 5.41) is 1.40. The third-order valence-corrected chi connectivity index (χ3v) is 4.56. The predicted octanol–water partition coefficient (Wildman–Crippen LogP) is 6.25. The molecule has 0 saturated carbocycles. The molecule has 0 amide bonds. The van der Waals surface area contributed by atoms with Crippen LogP contribution >= 0.6 is 27.5 Å². The number of allylic oxidation sites excluding steroid dienone is 1. The second kappa shape index (κ2) is 6.88. The summed E-state index contributed by atoms with van der Waals surface area (Å²) in [6.45, 7) is 3.83. The average Bonchev–Trinajstić information content (AvgIpc) is 2.55. The summed E-state index contributed by atoms with van der Waals surface area (Å²) in [5.74, 6) is -0.0308. The SMILES string of the molecule is C/C(=C\c1cc2cc(C)ccc2nc1Cl)C(=O)c1cccc(Br)c1. The molecule has 120 valence electrons. The molecule has 0 radical (unpaired) electrons. The van der Waals surface area contributed by atoms with Crippen molar-refractivity contribution in [1.29, 1.82) is 0 Å². The van der Waals surface area contributed by atoms with Gasteiger partial charge in [-0.3, -0.25) is 4.79 Å². The van der Waals surface area contributed by atoms with E-state index in [1.807, 2.05) is 43.3 Å². The van der Waals surface area contributed by atoms with E-state index in [0.29, 0.717) is 16.3 Å². The fourth-order valence-corrected chi connectivity index (χ4v) is 3.15. The Hall–Kier alpha value is -1.97. The van der Waals surface area contributed by atoms with Crippen molar-refractivity contribution in [1.82, 2.24) is 4.98 Å². The highest BCUT2D eigenvalue weighted by Gasteiger charge is 2.10. The number of carbonyl (C=O) groups excluding carboxylic acids is 1. The maximum absolute atomic E-state index is 12.6. The van der Waals surface area contributed by atoms with Gasteiger partial charge in [0.1, 0.15) is 5.15 Å². The minimum Gasteiger partial charge on any atom is -0.289 e. The lowest BCUT2D eigenvalue weighted by atomic mass is 10.0. The highest BCUT2D eigenvalue weighted by molar-refractivity contribution is 9.10. The van der Waals surface area contributed by atoms with Crippen molar-refractivity contribution in [2.75, 3.05) is 0 Å². The summed E-state index contributed by atoms with van der Waals surface area (Å²) in [5.41, 5.74) is 4.00. The lowest BCUT2D eigenvalue weighted by Gasteiger charge is -2.06. The number of pyridine rings is 1. The van der Waals surface area contributed by atoms with Gasteiger partial charge in [-0.25, -0.2) is 4.98 Å². The molecule has 2 aromatic carbocycles. The largest absolute Gasteiger partial charge is 0.289 e. The number of carbonyl (C=O) groups is 1. The van der Waals surface area contributed by atoms with Crippen LogP contribution in [0.25, 0.3) is 17.0 Å². The molecule has 2 nitrogen and oxygen atoms in total. The van der Waals surface area contributed by atoms with Crippen molar-refractivity contribution in [2.24, 2.45) is 0 Å². The van der Waals surface area contributed by atoms with Crippen LogP contribution in [0.1, 0.15) is 28.4 Å². The zero-order valence-corrected chi connectivity index (χ0v) is 15.6. The van der Waals surface area contributed by atoms with Crippen LogP contribution in [0, 0.1) is 6.92 Å². The Labute approximate surface area is 154 Å². The Kier molecular flexibility index (Phi) is 4.83. The van der Waals surface area contributed by atoms with Crippen molar-refractivity contribution in [2.45, 2.75) is 13.8 Å². The van der Waals surface area contributed by atoms with Crippen LogP contribution in [0.2, 0.25) is 5.15 Å². The molecular formula is C20H15BrClNO.